The topological polar surface area (TPSA) is 49.8 Å². The van der Waals surface area contributed by atoms with Gasteiger partial charge in [-0.15, -0.1) is 0 Å². The van der Waals surface area contributed by atoms with Gasteiger partial charge in [0.25, 0.3) is 0 Å². The van der Waals surface area contributed by atoms with Gasteiger partial charge in [0.2, 0.25) is 0 Å². The molecule has 0 saturated carbocycles. The maximum atomic E-state index is 13.0. The Bertz CT molecular complexity index is 545. The smallest absolute Gasteiger partial charge is 0.393 e. The summed E-state index contributed by atoms with van der Waals surface area (Å²) in [5.41, 5.74) is 0.838. The summed E-state index contributed by atoms with van der Waals surface area (Å²) < 4.78 is 44.5. The van der Waals surface area contributed by atoms with Gasteiger partial charge in [-0.05, 0) is 24.1 Å². The number of aliphatic carboxylic acids is 1. The summed E-state index contributed by atoms with van der Waals surface area (Å²) in [4.78, 5) is 12.6. The molecule has 1 aromatic rings. The minimum atomic E-state index is -4.49. The first kappa shape index (κ1) is 18.6. The summed E-state index contributed by atoms with van der Waals surface area (Å²) in [6, 6.07) is 7.18. The van der Waals surface area contributed by atoms with Gasteiger partial charge in [-0.3, -0.25) is 9.69 Å². The molecule has 2 rings (SSSR count). The number of nitrogens with zero attached hydrogens (tertiary/aromatic N) is 1. The zero-order valence-electron chi connectivity index (χ0n) is 13.6. The van der Waals surface area contributed by atoms with Crippen LogP contribution in [0.15, 0.2) is 24.3 Å². The molecule has 1 aliphatic heterocycles. The largest absolute Gasteiger partial charge is 0.494 e. The highest BCUT2D eigenvalue weighted by Gasteiger charge is 2.52. The van der Waals surface area contributed by atoms with E-state index < -0.39 is 24.0 Å². The van der Waals surface area contributed by atoms with Crippen molar-refractivity contribution in [3.05, 3.63) is 29.8 Å². The Labute approximate surface area is 139 Å². The lowest BCUT2D eigenvalue weighted by atomic mass is 9.96. The minimum absolute atomic E-state index is 0.0890. The maximum Gasteiger partial charge on any atom is 0.393 e. The minimum Gasteiger partial charge on any atom is -0.494 e. The summed E-state index contributed by atoms with van der Waals surface area (Å²) in [7, 11) is 0. The Morgan fingerprint density at radius 2 is 1.96 bits per heavy atom. The van der Waals surface area contributed by atoms with E-state index in [0.29, 0.717) is 13.2 Å². The molecule has 0 radical (unpaired) electrons. The fraction of sp³-hybridized carbons (Fsp3) is 0.588. The van der Waals surface area contributed by atoms with Crippen molar-refractivity contribution in [3.63, 3.8) is 0 Å². The van der Waals surface area contributed by atoms with E-state index in [0.717, 1.165) is 24.2 Å². The van der Waals surface area contributed by atoms with Crippen molar-refractivity contribution in [2.24, 2.45) is 11.8 Å². The molecule has 1 heterocycles. The van der Waals surface area contributed by atoms with Gasteiger partial charge in [0.15, 0.2) is 0 Å². The van der Waals surface area contributed by atoms with Crippen molar-refractivity contribution in [3.8, 4) is 5.75 Å². The fourth-order valence-corrected chi connectivity index (χ4v) is 2.88. The second kappa shape index (κ2) is 7.88. The van der Waals surface area contributed by atoms with Gasteiger partial charge in [-0.2, -0.15) is 13.2 Å². The number of alkyl halides is 3. The molecule has 2 atom stereocenters. The summed E-state index contributed by atoms with van der Waals surface area (Å²) in [6.45, 7) is 2.63. The highest BCUT2D eigenvalue weighted by Crippen LogP contribution is 2.38. The molecule has 0 bridgehead atoms. The van der Waals surface area contributed by atoms with Crippen molar-refractivity contribution in [1.29, 1.82) is 0 Å². The maximum absolute atomic E-state index is 13.0. The predicted molar refractivity (Wildman–Crippen MR) is 82.8 cm³/mol. The third-order valence-corrected chi connectivity index (χ3v) is 4.23. The fourth-order valence-electron chi connectivity index (χ4n) is 2.88. The van der Waals surface area contributed by atoms with Crippen LogP contribution < -0.4 is 4.74 Å². The summed E-state index contributed by atoms with van der Waals surface area (Å²) in [5.74, 6) is -3.88. The molecule has 1 saturated heterocycles. The number of carboxylic acid groups (broad SMARTS) is 1. The molecule has 0 amide bonds. The van der Waals surface area contributed by atoms with Crippen molar-refractivity contribution < 1.29 is 27.8 Å². The number of likely N-dealkylation sites (tertiary alicyclic amines) is 1. The highest BCUT2D eigenvalue weighted by molar-refractivity contribution is 5.71. The lowest BCUT2D eigenvalue weighted by molar-refractivity contribution is -0.188. The molecule has 7 heteroatoms. The SMILES string of the molecule is CCCCOc1ccc(CN2C[C@@H](C(F)(F)F)[C@H](C(=O)O)C2)cc1. The van der Waals surface area contributed by atoms with E-state index in [2.05, 4.69) is 6.92 Å². The molecular formula is C17H22F3NO3. The van der Waals surface area contributed by atoms with Crippen LogP contribution in [-0.4, -0.2) is 41.8 Å². The van der Waals surface area contributed by atoms with Crippen LogP contribution in [0.4, 0.5) is 13.2 Å². The lowest BCUT2D eigenvalue weighted by Gasteiger charge is -2.18. The molecule has 24 heavy (non-hydrogen) atoms. The standard InChI is InChI=1S/C17H22F3NO3/c1-2-3-8-24-13-6-4-12(5-7-13)9-21-10-14(16(22)23)15(11-21)17(18,19)20/h4-7,14-15H,2-3,8-11H2,1H3,(H,22,23)/t14-,15-/m1/s1. The first-order valence-corrected chi connectivity index (χ1v) is 8.05. The summed E-state index contributed by atoms with van der Waals surface area (Å²) >= 11 is 0. The Kier molecular flexibility index (Phi) is 6.10. The number of carbonyl (C=O) groups is 1. The van der Waals surface area contributed by atoms with E-state index in [1.807, 2.05) is 0 Å². The number of ether oxygens (including phenoxy) is 1. The van der Waals surface area contributed by atoms with E-state index in [4.69, 9.17) is 9.84 Å². The normalized spacial score (nSPS) is 21.8. The van der Waals surface area contributed by atoms with Crippen LogP contribution in [0, 0.1) is 11.8 Å². The zero-order chi connectivity index (χ0) is 17.7. The summed E-state index contributed by atoms with van der Waals surface area (Å²) in [6.07, 6.45) is -2.49. The Morgan fingerprint density at radius 3 is 2.46 bits per heavy atom. The zero-order valence-corrected chi connectivity index (χ0v) is 13.6. The van der Waals surface area contributed by atoms with Crippen molar-refractivity contribution in [2.45, 2.75) is 32.5 Å². The van der Waals surface area contributed by atoms with Gasteiger partial charge in [0.05, 0.1) is 18.4 Å². The van der Waals surface area contributed by atoms with E-state index in [1.54, 1.807) is 29.2 Å². The molecule has 4 nitrogen and oxygen atoms in total. The number of halogens is 3. The van der Waals surface area contributed by atoms with Gasteiger partial charge in [0.1, 0.15) is 5.75 Å². The quantitative estimate of drug-likeness (QED) is 0.768. The number of benzene rings is 1. The Balaban J connectivity index is 1.95. The third-order valence-electron chi connectivity index (χ3n) is 4.23. The highest BCUT2D eigenvalue weighted by atomic mass is 19.4. The number of hydrogen-bond acceptors (Lipinski definition) is 3. The molecule has 0 unspecified atom stereocenters. The third kappa shape index (κ3) is 4.87. The molecule has 1 fully saturated rings. The van der Waals surface area contributed by atoms with E-state index in [-0.39, 0.29) is 13.1 Å². The first-order chi connectivity index (χ1) is 11.3. The number of hydrogen-bond donors (Lipinski definition) is 1. The molecule has 0 spiro atoms. The lowest BCUT2D eigenvalue weighted by Crippen LogP contribution is -2.33. The molecule has 1 N–H and O–H groups in total. The van der Waals surface area contributed by atoms with Gasteiger partial charge in [-0.1, -0.05) is 25.5 Å². The van der Waals surface area contributed by atoms with Crippen LogP contribution >= 0.6 is 0 Å². The van der Waals surface area contributed by atoms with Crippen LogP contribution in [0.2, 0.25) is 0 Å². The molecule has 1 aliphatic rings. The summed E-state index contributed by atoms with van der Waals surface area (Å²) in [5, 5.41) is 9.03. The number of carboxylic acids is 1. The number of unbranched alkanes of at least 4 members (excludes halogenated alkanes) is 1. The molecule has 134 valence electrons. The van der Waals surface area contributed by atoms with E-state index in [1.165, 1.54) is 0 Å². The van der Waals surface area contributed by atoms with Crippen molar-refractivity contribution in [1.82, 2.24) is 4.90 Å². The Morgan fingerprint density at radius 1 is 1.29 bits per heavy atom. The Hall–Kier alpha value is -1.76. The molecule has 0 aromatic heterocycles. The second-order valence-electron chi connectivity index (χ2n) is 6.13. The van der Waals surface area contributed by atoms with Gasteiger partial charge in [-0.25, -0.2) is 0 Å². The molecule has 1 aromatic carbocycles. The van der Waals surface area contributed by atoms with Crippen molar-refractivity contribution >= 4 is 5.97 Å². The van der Waals surface area contributed by atoms with Gasteiger partial charge >= 0.3 is 12.1 Å². The monoisotopic (exact) mass is 345 g/mol. The first-order valence-electron chi connectivity index (χ1n) is 8.05. The van der Waals surface area contributed by atoms with Crippen LogP contribution in [0.5, 0.6) is 5.75 Å². The van der Waals surface area contributed by atoms with Crippen LogP contribution in [0.1, 0.15) is 25.3 Å². The average Bonchev–Trinajstić information content (AvgIpc) is 2.94. The second-order valence-corrected chi connectivity index (χ2v) is 6.13. The molecule has 0 aliphatic carbocycles. The van der Waals surface area contributed by atoms with Gasteiger partial charge in [0, 0.05) is 19.6 Å². The molecular weight excluding hydrogens is 323 g/mol. The van der Waals surface area contributed by atoms with E-state index in [9.17, 15) is 18.0 Å². The predicted octanol–water partition coefficient (Wildman–Crippen LogP) is 3.56. The van der Waals surface area contributed by atoms with Crippen LogP contribution in [0.25, 0.3) is 0 Å². The average molecular weight is 345 g/mol. The van der Waals surface area contributed by atoms with Crippen LogP contribution in [0.3, 0.4) is 0 Å². The van der Waals surface area contributed by atoms with Gasteiger partial charge < -0.3 is 9.84 Å². The van der Waals surface area contributed by atoms with E-state index >= 15 is 0 Å². The van der Waals surface area contributed by atoms with Crippen molar-refractivity contribution in [2.75, 3.05) is 19.7 Å². The number of rotatable bonds is 7. The van der Waals surface area contributed by atoms with Crippen LogP contribution in [-0.2, 0) is 11.3 Å².